The standard InChI is InChI=1S/C15H20O3/c1-9(2)13(16)8-15-11(4)5-6-12(15)10(3)7-14(17)18-15/h7,11-12H,1,5-6,8H2,2-4H3/t11-,12-,15-/m0/s1. The van der Waals surface area contributed by atoms with Gasteiger partial charge >= 0.3 is 5.97 Å². The van der Waals surface area contributed by atoms with Crippen molar-refractivity contribution in [2.45, 2.75) is 45.6 Å². The normalized spacial score (nSPS) is 34.6. The van der Waals surface area contributed by atoms with E-state index in [0.717, 1.165) is 18.4 Å². The molecule has 2 aliphatic rings. The maximum Gasteiger partial charge on any atom is 0.331 e. The predicted octanol–water partition coefficient (Wildman–Crippen LogP) is 2.81. The second kappa shape index (κ2) is 4.38. The summed E-state index contributed by atoms with van der Waals surface area (Å²) in [5.41, 5.74) is 0.946. The van der Waals surface area contributed by atoms with Crippen molar-refractivity contribution in [1.29, 1.82) is 0 Å². The van der Waals surface area contributed by atoms with Gasteiger partial charge in [-0.2, -0.15) is 0 Å². The van der Waals surface area contributed by atoms with E-state index in [-0.39, 0.29) is 30.0 Å². The number of carbonyl (C=O) groups is 2. The summed E-state index contributed by atoms with van der Waals surface area (Å²) >= 11 is 0. The summed E-state index contributed by atoms with van der Waals surface area (Å²) in [4.78, 5) is 23.7. The minimum atomic E-state index is -0.633. The summed E-state index contributed by atoms with van der Waals surface area (Å²) in [6.45, 7) is 9.43. The van der Waals surface area contributed by atoms with E-state index in [4.69, 9.17) is 4.74 Å². The van der Waals surface area contributed by atoms with E-state index in [9.17, 15) is 9.59 Å². The molecule has 0 spiro atoms. The number of ether oxygens (including phenoxy) is 1. The number of Topliss-reactive ketones (excluding diaryl/α,β-unsaturated/α-hetero) is 1. The molecule has 0 bridgehead atoms. The average Bonchev–Trinajstić information content (AvgIpc) is 2.56. The van der Waals surface area contributed by atoms with E-state index in [0.29, 0.717) is 5.57 Å². The van der Waals surface area contributed by atoms with E-state index in [1.54, 1.807) is 13.0 Å². The molecule has 0 N–H and O–H groups in total. The van der Waals surface area contributed by atoms with Gasteiger partial charge in [0, 0.05) is 12.0 Å². The second-order valence-electron chi connectivity index (χ2n) is 5.68. The number of ketones is 1. The molecule has 1 aliphatic heterocycles. The molecule has 0 aromatic heterocycles. The molecule has 3 heteroatoms. The van der Waals surface area contributed by atoms with Gasteiger partial charge in [0.25, 0.3) is 0 Å². The largest absolute Gasteiger partial charge is 0.455 e. The molecule has 0 unspecified atom stereocenters. The third kappa shape index (κ3) is 1.92. The van der Waals surface area contributed by atoms with Gasteiger partial charge in [-0.25, -0.2) is 4.79 Å². The van der Waals surface area contributed by atoms with Crippen LogP contribution in [-0.2, 0) is 14.3 Å². The van der Waals surface area contributed by atoms with Gasteiger partial charge in [-0.15, -0.1) is 0 Å². The first-order chi connectivity index (χ1) is 8.36. The lowest BCUT2D eigenvalue weighted by Gasteiger charge is -2.41. The van der Waals surface area contributed by atoms with E-state index in [1.807, 2.05) is 6.92 Å². The highest BCUT2D eigenvalue weighted by Crippen LogP contribution is 2.51. The number of rotatable bonds is 3. The van der Waals surface area contributed by atoms with Crippen molar-refractivity contribution in [2.75, 3.05) is 0 Å². The van der Waals surface area contributed by atoms with Crippen LogP contribution in [0.5, 0.6) is 0 Å². The first kappa shape index (κ1) is 13.1. The fraction of sp³-hybridized carbons (Fsp3) is 0.600. The van der Waals surface area contributed by atoms with Gasteiger partial charge in [0.05, 0.1) is 6.42 Å². The summed E-state index contributed by atoms with van der Waals surface area (Å²) in [6.07, 6.45) is 3.81. The molecule has 0 aromatic carbocycles. The number of hydrogen-bond acceptors (Lipinski definition) is 3. The molecule has 0 aromatic rings. The molecule has 98 valence electrons. The first-order valence-corrected chi connectivity index (χ1v) is 6.46. The summed E-state index contributed by atoms with van der Waals surface area (Å²) in [5, 5.41) is 0. The van der Waals surface area contributed by atoms with Gasteiger partial charge in [-0.3, -0.25) is 4.79 Å². The van der Waals surface area contributed by atoms with Crippen LogP contribution in [0.25, 0.3) is 0 Å². The molecule has 1 heterocycles. The lowest BCUT2D eigenvalue weighted by Crippen LogP contribution is -2.48. The number of carbonyl (C=O) groups excluding carboxylic acids is 2. The number of allylic oxidation sites excluding steroid dienone is 1. The predicted molar refractivity (Wildman–Crippen MR) is 68.9 cm³/mol. The van der Waals surface area contributed by atoms with Crippen molar-refractivity contribution in [2.24, 2.45) is 11.8 Å². The Morgan fingerprint density at radius 2 is 2.22 bits per heavy atom. The van der Waals surface area contributed by atoms with Gasteiger partial charge in [0.1, 0.15) is 5.60 Å². The molecule has 3 nitrogen and oxygen atoms in total. The lowest BCUT2D eigenvalue weighted by atomic mass is 9.75. The molecular weight excluding hydrogens is 228 g/mol. The lowest BCUT2D eigenvalue weighted by molar-refractivity contribution is -0.166. The van der Waals surface area contributed by atoms with Crippen molar-refractivity contribution < 1.29 is 14.3 Å². The quantitative estimate of drug-likeness (QED) is 0.570. The Bertz CT molecular complexity index is 447. The number of hydrogen-bond donors (Lipinski definition) is 0. The van der Waals surface area contributed by atoms with Crippen molar-refractivity contribution in [3.8, 4) is 0 Å². The Kier molecular flexibility index (Phi) is 3.18. The van der Waals surface area contributed by atoms with Crippen LogP contribution in [0, 0.1) is 11.8 Å². The van der Waals surface area contributed by atoms with Gasteiger partial charge in [-0.05, 0) is 38.2 Å². The van der Waals surface area contributed by atoms with E-state index in [1.165, 1.54) is 0 Å². The molecule has 2 rings (SSSR count). The minimum Gasteiger partial charge on any atom is -0.455 e. The summed E-state index contributed by atoms with van der Waals surface area (Å²) in [7, 11) is 0. The fourth-order valence-electron chi connectivity index (χ4n) is 3.27. The number of esters is 1. The van der Waals surface area contributed by atoms with Gasteiger partial charge in [0.2, 0.25) is 0 Å². The molecule has 1 saturated carbocycles. The summed E-state index contributed by atoms with van der Waals surface area (Å²) in [5.74, 6) is 0.0927. The highest BCUT2D eigenvalue weighted by atomic mass is 16.6. The van der Waals surface area contributed by atoms with E-state index < -0.39 is 5.60 Å². The van der Waals surface area contributed by atoms with Crippen molar-refractivity contribution in [1.82, 2.24) is 0 Å². The van der Waals surface area contributed by atoms with Crippen molar-refractivity contribution in [3.05, 3.63) is 23.8 Å². The second-order valence-corrected chi connectivity index (χ2v) is 5.68. The molecule has 18 heavy (non-hydrogen) atoms. The Hall–Kier alpha value is -1.38. The Balaban J connectivity index is 2.36. The zero-order valence-corrected chi connectivity index (χ0v) is 11.3. The van der Waals surface area contributed by atoms with Crippen LogP contribution >= 0.6 is 0 Å². The van der Waals surface area contributed by atoms with Gasteiger partial charge < -0.3 is 4.74 Å². The molecule has 3 atom stereocenters. The van der Waals surface area contributed by atoms with Crippen LogP contribution in [0.4, 0.5) is 0 Å². The molecule has 1 aliphatic carbocycles. The van der Waals surface area contributed by atoms with Crippen molar-refractivity contribution in [3.63, 3.8) is 0 Å². The highest BCUT2D eigenvalue weighted by Gasteiger charge is 2.54. The molecule has 0 saturated heterocycles. The molecule has 0 amide bonds. The van der Waals surface area contributed by atoms with Gasteiger partial charge in [0.15, 0.2) is 5.78 Å². The minimum absolute atomic E-state index is 0.00347. The maximum absolute atomic E-state index is 12.0. The van der Waals surface area contributed by atoms with Gasteiger partial charge in [-0.1, -0.05) is 19.1 Å². The zero-order chi connectivity index (χ0) is 13.5. The van der Waals surface area contributed by atoms with Crippen LogP contribution in [0.15, 0.2) is 23.8 Å². The third-order valence-electron chi connectivity index (χ3n) is 4.41. The highest BCUT2D eigenvalue weighted by molar-refractivity contribution is 5.95. The Morgan fingerprint density at radius 1 is 1.56 bits per heavy atom. The zero-order valence-electron chi connectivity index (χ0n) is 11.3. The average molecular weight is 248 g/mol. The fourth-order valence-corrected chi connectivity index (χ4v) is 3.27. The number of fused-ring (bicyclic) bond motifs is 1. The maximum atomic E-state index is 12.0. The van der Waals surface area contributed by atoms with Crippen LogP contribution in [-0.4, -0.2) is 17.4 Å². The van der Waals surface area contributed by atoms with E-state index in [2.05, 4.69) is 13.5 Å². The Labute approximate surface area is 108 Å². The SMILES string of the molecule is C=C(C)C(=O)C[C@@]12OC(=O)C=C(C)[C@@H]1CC[C@@H]2C. The monoisotopic (exact) mass is 248 g/mol. The molecular formula is C15H20O3. The first-order valence-electron chi connectivity index (χ1n) is 6.46. The van der Waals surface area contributed by atoms with Crippen molar-refractivity contribution >= 4 is 11.8 Å². The van der Waals surface area contributed by atoms with Crippen LogP contribution in [0.2, 0.25) is 0 Å². The van der Waals surface area contributed by atoms with Crippen LogP contribution < -0.4 is 0 Å². The topological polar surface area (TPSA) is 43.4 Å². The summed E-state index contributed by atoms with van der Waals surface area (Å²) < 4.78 is 5.62. The smallest absolute Gasteiger partial charge is 0.331 e. The third-order valence-corrected chi connectivity index (χ3v) is 4.41. The molecule has 1 fully saturated rings. The van der Waals surface area contributed by atoms with Crippen LogP contribution in [0.3, 0.4) is 0 Å². The molecule has 0 radical (unpaired) electrons. The Morgan fingerprint density at radius 3 is 2.83 bits per heavy atom. The van der Waals surface area contributed by atoms with E-state index >= 15 is 0 Å². The van der Waals surface area contributed by atoms with Crippen LogP contribution in [0.1, 0.15) is 40.0 Å². The summed E-state index contributed by atoms with van der Waals surface area (Å²) in [6, 6.07) is 0.